The number of aliphatic hydroxyl groups is 1. The van der Waals surface area contributed by atoms with Crippen LogP contribution in [0.3, 0.4) is 0 Å². The van der Waals surface area contributed by atoms with Crippen LogP contribution in [0.2, 0.25) is 0 Å². The molecule has 1 aromatic carbocycles. The SMILES string of the molecule is COC(=O)c1ccccc1-c1nc2ccc(C)cn2c1CO. The number of benzene rings is 1. The van der Waals surface area contributed by atoms with Crippen LogP contribution in [0.1, 0.15) is 21.6 Å². The van der Waals surface area contributed by atoms with Crippen molar-refractivity contribution in [2.24, 2.45) is 0 Å². The summed E-state index contributed by atoms with van der Waals surface area (Å²) in [6.07, 6.45) is 1.91. The first kappa shape index (κ1) is 14.3. The fraction of sp³-hybridized carbons (Fsp3) is 0.176. The Bertz CT molecular complexity index is 852. The van der Waals surface area contributed by atoms with Crippen LogP contribution in [0.4, 0.5) is 0 Å². The van der Waals surface area contributed by atoms with Gasteiger partial charge in [-0.25, -0.2) is 9.78 Å². The summed E-state index contributed by atoms with van der Waals surface area (Å²) >= 11 is 0. The first-order valence-corrected chi connectivity index (χ1v) is 6.92. The van der Waals surface area contributed by atoms with Gasteiger partial charge in [-0.05, 0) is 24.6 Å². The molecule has 22 heavy (non-hydrogen) atoms. The molecule has 0 aliphatic heterocycles. The highest BCUT2D eigenvalue weighted by molar-refractivity contribution is 5.97. The molecular weight excluding hydrogens is 280 g/mol. The molecule has 0 spiro atoms. The first-order chi connectivity index (χ1) is 10.7. The largest absolute Gasteiger partial charge is 0.465 e. The van der Waals surface area contributed by atoms with E-state index < -0.39 is 5.97 Å². The molecule has 3 rings (SSSR count). The first-order valence-electron chi connectivity index (χ1n) is 6.92. The van der Waals surface area contributed by atoms with Crippen molar-refractivity contribution in [3.63, 3.8) is 0 Å². The number of rotatable bonds is 3. The van der Waals surface area contributed by atoms with Gasteiger partial charge in [0.25, 0.3) is 0 Å². The number of hydrogen-bond donors (Lipinski definition) is 1. The molecule has 0 radical (unpaired) electrons. The number of carbonyl (C=O) groups is 1. The number of methoxy groups -OCH3 is 1. The van der Waals surface area contributed by atoms with E-state index in [4.69, 9.17) is 4.74 Å². The zero-order valence-corrected chi connectivity index (χ0v) is 12.4. The van der Waals surface area contributed by atoms with Crippen LogP contribution in [-0.2, 0) is 11.3 Å². The van der Waals surface area contributed by atoms with Gasteiger partial charge in [0.2, 0.25) is 0 Å². The zero-order chi connectivity index (χ0) is 15.7. The van der Waals surface area contributed by atoms with Gasteiger partial charge < -0.3 is 14.2 Å². The Kier molecular flexibility index (Phi) is 3.65. The van der Waals surface area contributed by atoms with Crippen molar-refractivity contribution in [2.45, 2.75) is 13.5 Å². The molecular formula is C17H16N2O3. The number of aryl methyl sites for hydroxylation is 1. The highest BCUT2D eigenvalue weighted by Crippen LogP contribution is 2.28. The maximum atomic E-state index is 12.0. The Hall–Kier alpha value is -2.66. The third-order valence-corrected chi connectivity index (χ3v) is 3.60. The van der Waals surface area contributed by atoms with E-state index in [0.29, 0.717) is 22.5 Å². The molecule has 2 aromatic heterocycles. The molecule has 0 aliphatic rings. The molecule has 1 N–H and O–H groups in total. The Morgan fingerprint density at radius 3 is 2.77 bits per heavy atom. The second-order valence-corrected chi connectivity index (χ2v) is 5.04. The van der Waals surface area contributed by atoms with Gasteiger partial charge in [-0.15, -0.1) is 0 Å². The third kappa shape index (κ3) is 2.25. The van der Waals surface area contributed by atoms with Gasteiger partial charge in [0.05, 0.1) is 30.7 Å². The van der Waals surface area contributed by atoms with Crippen molar-refractivity contribution >= 4 is 11.6 Å². The van der Waals surface area contributed by atoms with Crippen molar-refractivity contribution in [1.82, 2.24) is 9.38 Å². The van der Waals surface area contributed by atoms with Gasteiger partial charge in [-0.3, -0.25) is 0 Å². The lowest BCUT2D eigenvalue weighted by Gasteiger charge is -2.07. The summed E-state index contributed by atoms with van der Waals surface area (Å²) in [6.45, 7) is 1.80. The van der Waals surface area contributed by atoms with Gasteiger partial charge in [-0.1, -0.05) is 24.3 Å². The zero-order valence-electron chi connectivity index (χ0n) is 12.4. The second kappa shape index (κ2) is 5.61. The Labute approximate surface area is 127 Å². The number of carbonyl (C=O) groups excluding carboxylic acids is 1. The molecule has 0 saturated heterocycles. The predicted molar refractivity (Wildman–Crippen MR) is 82.6 cm³/mol. The maximum absolute atomic E-state index is 12.0. The summed E-state index contributed by atoms with van der Waals surface area (Å²) in [6, 6.07) is 10.9. The van der Waals surface area contributed by atoms with E-state index in [2.05, 4.69) is 4.98 Å². The number of hydrogen-bond acceptors (Lipinski definition) is 4. The van der Waals surface area contributed by atoms with E-state index in [-0.39, 0.29) is 6.61 Å². The molecule has 0 aliphatic carbocycles. The van der Waals surface area contributed by atoms with E-state index in [9.17, 15) is 9.90 Å². The number of fused-ring (bicyclic) bond motifs is 1. The minimum atomic E-state index is -0.423. The number of aliphatic hydroxyl groups excluding tert-OH is 1. The van der Waals surface area contributed by atoms with Gasteiger partial charge >= 0.3 is 5.97 Å². The highest BCUT2D eigenvalue weighted by atomic mass is 16.5. The summed E-state index contributed by atoms with van der Waals surface area (Å²) in [5.74, 6) is -0.423. The number of nitrogens with zero attached hydrogens (tertiary/aromatic N) is 2. The van der Waals surface area contributed by atoms with Crippen LogP contribution in [0.5, 0.6) is 0 Å². The van der Waals surface area contributed by atoms with Crippen LogP contribution < -0.4 is 0 Å². The number of ether oxygens (including phenoxy) is 1. The Morgan fingerprint density at radius 2 is 2.05 bits per heavy atom. The van der Waals surface area contributed by atoms with E-state index in [1.165, 1.54) is 7.11 Å². The van der Waals surface area contributed by atoms with Crippen molar-refractivity contribution in [3.8, 4) is 11.3 Å². The van der Waals surface area contributed by atoms with Gasteiger partial charge in [0.1, 0.15) is 5.65 Å². The van der Waals surface area contributed by atoms with Crippen molar-refractivity contribution in [1.29, 1.82) is 0 Å². The summed E-state index contributed by atoms with van der Waals surface area (Å²) in [7, 11) is 1.35. The average Bonchev–Trinajstić information content (AvgIpc) is 2.91. The van der Waals surface area contributed by atoms with Crippen molar-refractivity contribution in [2.75, 3.05) is 7.11 Å². The van der Waals surface area contributed by atoms with E-state index >= 15 is 0 Å². The van der Waals surface area contributed by atoms with Gasteiger partial charge in [0, 0.05) is 11.8 Å². The molecule has 3 aromatic rings. The fourth-order valence-corrected chi connectivity index (χ4v) is 2.54. The maximum Gasteiger partial charge on any atom is 0.338 e. The standard InChI is InChI=1S/C17H16N2O3/c1-11-7-8-15-18-16(14(10-20)19(15)9-11)12-5-3-4-6-13(12)17(21)22-2/h3-9,20H,10H2,1-2H3. The summed E-state index contributed by atoms with van der Waals surface area (Å²) < 4.78 is 6.68. The number of pyridine rings is 1. The monoisotopic (exact) mass is 296 g/mol. The molecule has 0 saturated carbocycles. The lowest BCUT2D eigenvalue weighted by molar-refractivity contribution is 0.0601. The smallest absolute Gasteiger partial charge is 0.338 e. The summed E-state index contributed by atoms with van der Waals surface area (Å²) in [5, 5.41) is 9.77. The molecule has 2 heterocycles. The fourth-order valence-electron chi connectivity index (χ4n) is 2.54. The van der Waals surface area contributed by atoms with Gasteiger partial charge in [0.15, 0.2) is 0 Å². The molecule has 5 heteroatoms. The lowest BCUT2D eigenvalue weighted by Crippen LogP contribution is -2.04. The third-order valence-electron chi connectivity index (χ3n) is 3.60. The normalized spacial score (nSPS) is 10.9. The minimum Gasteiger partial charge on any atom is -0.465 e. The highest BCUT2D eigenvalue weighted by Gasteiger charge is 2.19. The summed E-state index contributed by atoms with van der Waals surface area (Å²) in [5.41, 5.74) is 4.11. The summed E-state index contributed by atoms with van der Waals surface area (Å²) in [4.78, 5) is 16.5. The average molecular weight is 296 g/mol. The number of aromatic nitrogens is 2. The van der Waals surface area contributed by atoms with Crippen LogP contribution in [-0.4, -0.2) is 27.6 Å². The Morgan fingerprint density at radius 1 is 1.27 bits per heavy atom. The molecule has 0 fully saturated rings. The number of esters is 1. The van der Waals surface area contributed by atoms with Crippen molar-refractivity contribution in [3.05, 3.63) is 59.4 Å². The van der Waals surface area contributed by atoms with Gasteiger partial charge in [-0.2, -0.15) is 0 Å². The van der Waals surface area contributed by atoms with Crippen molar-refractivity contribution < 1.29 is 14.6 Å². The second-order valence-electron chi connectivity index (χ2n) is 5.04. The molecule has 0 atom stereocenters. The van der Waals surface area contributed by atoms with Crippen LogP contribution >= 0.6 is 0 Å². The Balaban J connectivity index is 2.29. The molecule has 0 amide bonds. The van der Waals surface area contributed by atoms with Crippen LogP contribution in [0, 0.1) is 6.92 Å². The van der Waals surface area contributed by atoms with Crippen LogP contribution in [0.15, 0.2) is 42.6 Å². The lowest BCUT2D eigenvalue weighted by atomic mass is 10.0. The van der Waals surface area contributed by atoms with E-state index in [0.717, 1.165) is 11.2 Å². The molecule has 0 bridgehead atoms. The molecule has 0 unspecified atom stereocenters. The quantitative estimate of drug-likeness (QED) is 0.755. The topological polar surface area (TPSA) is 63.8 Å². The van der Waals surface area contributed by atoms with Crippen LogP contribution in [0.25, 0.3) is 16.9 Å². The number of imidazole rings is 1. The predicted octanol–water partition coefficient (Wildman–Crippen LogP) is 2.59. The molecule has 5 nitrogen and oxygen atoms in total. The molecule has 112 valence electrons. The van der Waals surface area contributed by atoms with E-state index in [1.54, 1.807) is 18.2 Å². The van der Waals surface area contributed by atoms with E-state index in [1.807, 2.05) is 35.7 Å². The minimum absolute atomic E-state index is 0.171.